The Hall–Kier alpha value is -3.19. The number of oxazole rings is 1. The van der Waals surface area contributed by atoms with E-state index in [1.807, 2.05) is 12.1 Å². The van der Waals surface area contributed by atoms with Gasteiger partial charge in [0.1, 0.15) is 17.1 Å². The second-order valence-electron chi connectivity index (χ2n) is 6.00. The van der Waals surface area contributed by atoms with Crippen molar-refractivity contribution in [2.24, 2.45) is 0 Å². The molecule has 1 aromatic heterocycles. The van der Waals surface area contributed by atoms with Gasteiger partial charge < -0.3 is 14.5 Å². The highest BCUT2D eigenvalue weighted by molar-refractivity contribution is 9.10. The molecule has 0 aliphatic carbocycles. The van der Waals surface area contributed by atoms with Gasteiger partial charge in [0, 0.05) is 15.7 Å². The smallest absolute Gasteiger partial charge is 0.262 e. The molecule has 4 rings (SSSR count). The Labute approximate surface area is 168 Å². The highest BCUT2D eigenvalue weighted by atomic mass is 79.9. The number of ether oxygens (including phenoxy) is 1. The molecule has 0 radical (unpaired) electrons. The summed E-state index contributed by atoms with van der Waals surface area (Å²) in [6.07, 6.45) is 0. The van der Waals surface area contributed by atoms with Crippen LogP contribution in [-0.4, -0.2) is 17.5 Å². The molecule has 3 aromatic carbocycles. The molecule has 7 heteroatoms. The van der Waals surface area contributed by atoms with Crippen LogP contribution in [0, 0.1) is 5.82 Å². The largest absolute Gasteiger partial charge is 0.484 e. The Morgan fingerprint density at radius 3 is 2.71 bits per heavy atom. The van der Waals surface area contributed by atoms with Crippen LogP contribution in [0.2, 0.25) is 0 Å². The molecular formula is C21H14BrFN2O3. The van der Waals surface area contributed by atoms with Gasteiger partial charge in [0.2, 0.25) is 5.89 Å². The van der Waals surface area contributed by atoms with Crippen LogP contribution in [0.25, 0.3) is 22.6 Å². The van der Waals surface area contributed by atoms with Crippen molar-refractivity contribution >= 4 is 38.6 Å². The van der Waals surface area contributed by atoms with E-state index in [2.05, 4.69) is 26.2 Å². The molecule has 0 saturated carbocycles. The number of rotatable bonds is 5. The van der Waals surface area contributed by atoms with Crippen LogP contribution < -0.4 is 10.1 Å². The average Bonchev–Trinajstić information content (AvgIpc) is 3.11. The molecule has 0 saturated heterocycles. The van der Waals surface area contributed by atoms with E-state index in [9.17, 15) is 9.18 Å². The predicted octanol–water partition coefficient (Wildman–Crippen LogP) is 5.41. The molecule has 0 aliphatic rings. The summed E-state index contributed by atoms with van der Waals surface area (Å²) >= 11 is 3.34. The van der Waals surface area contributed by atoms with Crippen molar-refractivity contribution in [3.8, 4) is 17.2 Å². The number of carbonyl (C=O) groups is 1. The number of aromatic nitrogens is 1. The van der Waals surface area contributed by atoms with Crippen molar-refractivity contribution in [2.75, 3.05) is 11.9 Å². The van der Waals surface area contributed by atoms with E-state index in [1.165, 1.54) is 12.1 Å². The third-order valence-electron chi connectivity index (χ3n) is 3.93. The van der Waals surface area contributed by atoms with Crippen molar-refractivity contribution in [3.05, 3.63) is 77.0 Å². The summed E-state index contributed by atoms with van der Waals surface area (Å²) in [5.74, 6) is 0.260. The van der Waals surface area contributed by atoms with Gasteiger partial charge in [-0.25, -0.2) is 9.37 Å². The lowest BCUT2D eigenvalue weighted by molar-refractivity contribution is -0.118. The van der Waals surface area contributed by atoms with E-state index < -0.39 is 0 Å². The molecule has 1 amide bonds. The van der Waals surface area contributed by atoms with E-state index in [0.717, 1.165) is 4.47 Å². The van der Waals surface area contributed by atoms with Crippen LogP contribution in [0.1, 0.15) is 0 Å². The Kier molecular flexibility index (Phi) is 5.08. The zero-order chi connectivity index (χ0) is 19.5. The number of hydrogen-bond donors (Lipinski definition) is 1. The zero-order valence-electron chi connectivity index (χ0n) is 14.5. The van der Waals surface area contributed by atoms with Crippen LogP contribution in [0.4, 0.5) is 10.1 Å². The highest BCUT2D eigenvalue weighted by Crippen LogP contribution is 2.26. The number of benzene rings is 3. The summed E-state index contributed by atoms with van der Waals surface area (Å²) < 4.78 is 25.5. The van der Waals surface area contributed by atoms with Gasteiger partial charge in [0.05, 0.1) is 0 Å². The first kappa shape index (κ1) is 18.2. The maximum atomic E-state index is 13.4. The molecule has 0 unspecified atom stereocenters. The topological polar surface area (TPSA) is 64.4 Å². The molecular weight excluding hydrogens is 427 g/mol. The second-order valence-corrected chi connectivity index (χ2v) is 6.92. The number of halogens is 2. The minimum Gasteiger partial charge on any atom is -0.484 e. The van der Waals surface area contributed by atoms with Crippen molar-refractivity contribution in [2.45, 2.75) is 0 Å². The van der Waals surface area contributed by atoms with E-state index in [4.69, 9.17) is 9.15 Å². The SMILES string of the molecule is O=C(COc1ccc(Br)cc1)Nc1ccc2oc(-c3cccc(F)c3)nc2c1. The predicted molar refractivity (Wildman–Crippen MR) is 108 cm³/mol. The summed E-state index contributed by atoms with van der Waals surface area (Å²) in [6.45, 7) is -0.118. The van der Waals surface area contributed by atoms with Gasteiger partial charge in [0.25, 0.3) is 5.91 Å². The Balaban J connectivity index is 1.45. The number of nitrogens with zero attached hydrogens (tertiary/aromatic N) is 1. The van der Waals surface area contributed by atoms with Crippen molar-refractivity contribution < 1.29 is 18.3 Å². The summed E-state index contributed by atoms with van der Waals surface area (Å²) in [6, 6.07) is 18.3. The molecule has 4 aromatic rings. The van der Waals surface area contributed by atoms with Gasteiger partial charge in [-0.2, -0.15) is 0 Å². The maximum absolute atomic E-state index is 13.4. The van der Waals surface area contributed by atoms with Gasteiger partial charge in [-0.05, 0) is 60.7 Å². The number of carbonyl (C=O) groups excluding carboxylic acids is 1. The quantitative estimate of drug-likeness (QED) is 0.450. The normalized spacial score (nSPS) is 10.8. The monoisotopic (exact) mass is 440 g/mol. The van der Waals surface area contributed by atoms with E-state index in [1.54, 1.807) is 42.5 Å². The van der Waals surface area contributed by atoms with Crippen molar-refractivity contribution in [3.63, 3.8) is 0 Å². The van der Waals surface area contributed by atoms with Gasteiger partial charge in [0.15, 0.2) is 12.2 Å². The third-order valence-corrected chi connectivity index (χ3v) is 4.46. The summed E-state index contributed by atoms with van der Waals surface area (Å²) in [7, 11) is 0. The minimum absolute atomic E-state index is 0.118. The average molecular weight is 441 g/mol. The third kappa shape index (κ3) is 4.20. The van der Waals surface area contributed by atoms with Crippen molar-refractivity contribution in [1.82, 2.24) is 4.98 Å². The number of fused-ring (bicyclic) bond motifs is 1. The summed E-state index contributed by atoms with van der Waals surface area (Å²) in [4.78, 5) is 16.5. The first-order chi connectivity index (χ1) is 13.6. The molecule has 28 heavy (non-hydrogen) atoms. The van der Waals surface area contributed by atoms with Crippen LogP contribution >= 0.6 is 15.9 Å². The molecule has 5 nitrogen and oxygen atoms in total. The Morgan fingerprint density at radius 1 is 1.11 bits per heavy atom. The fourth-order valence-electron chi connectivity index (χ4n) is 2.63. The molecule has 0 fully saturated rings. The van der Waals surface area contributed by atoms with E-state index in [-0.39, 0.29) is 18.3 Å². The lowest BCUT2D eigenvalue weighted by atomic mass is 10.2. The van der Waals surface area contributed by atoms with Crippen LogP contribution in [0.3, 0.4) is 0 Å². The molecule has 0 spiro atoms. The summed E-state index contributed by atoms with van der Waals surface area (Å²) in [5.41, 5.74) is 2.22. The first-order valence-electron chi connectivity index (χ1n) is 8.41. The van der Waals surface area contributed by atoms with E-state index in [0.29, 0.717) is 34.0 Å². The van der Waals surface area contributed by atoms with Crippen molar-refractivity contribution in [1.29, 1.82) is 0 Å². The zero-order valence-corrected chi connectivity index (χ0v) is 16.1. The van der Waals surface area contributed by atoms with Gasteiger partial charge in [-0.3, -0.25) is 4.79 Å². The van der Waals surface area contributed by atoms with E-state index >= 15 is 0 Å². The highest BCUT2D eigenvalue weighted by Gasteiger charge is 2.11. The van der Waals surface area contributed by atoms with Gasteiger partial charge in [-0.15, -0.1) is 0 Å². The maximum Gasteiger partial charge on any atom is 0.262 e. The lowest BCUT2D eigenvalue weighted by Crippen LogP contribution is -2.20. The molecule has 140 valence electrons. The lowest BCUT2D eigenvalue weighted by Gasteiger charge is -2.07. The fraction of sp³-hybridized carbons (Fsp3) is 0.0476. The summed E-state index contributed by atoms with van der Waals surface area (Å²) in [5, 5.41) is 2.76. The minimum atomic E-state index is -0.363. The molecule has 1 N–H and O–H groups in total. The second kappa shape index (κ2) is 7.82. The van der Waals surface area contributed by atoms with Crippen LogP contribution in [0.5, 0.6) is 5.75 Å². The molecule has 0 bridgehead atoms. The van der Waals surface area contributed by atoms with Gasteiger partial charge in [-0.1, -0.05) is 22.0 Å². The fourth-order valence-corrected chi connectivity index (χ4v) is 2.89. The number of hydrogen-bond acceptors (Lipinski definition) is 4. The molecule has 0 atom stereocenters. The Morgan fingerprint density at radius 2 is 1.93 bits per heavy atom. The first-order valence-corrected chi connectivity index (χ1v) is 9.21. The Bertz CT molecular complexity index is 1140. The standard InChI is InChI=1S/C21H14BrFN2O3/c22-14-4-7-17(8-5-14)27-12-20(26)24-16-6-9-19-18(11-16)25-21(28-19)13-2-1-3-15(23)10-13/h1-11H,12H2,(H,24,26). The molecule has 0 aliphatic heterocycles. The molecule has 1 heterocycles. The number of nitrogens with one attached hydrogen (secondary N) is 1. The van der Waals surface area contributed by atoms with Crippen LogP contribution in [0.15, 0.2) is 75.6 Å². The van der Waals surface area contributed by atoms with Crippen LogP contribution in [-0.2, 0) is 4.79 Å². The number of amides is 1. The number of anilines is 1. The van der Waals surface area contributed by atoms with Gasteiger partial charge >= 0.3 is 0 Å².